The van der Waals surface area contributed by atoms with Crippen LogP contribution in [0, 0.1) is 18.3 Å². The number of aromatic nitrogens is 1. The third-order valence-corrected chi connectivity index (χ3v) is 5.02. The molecular weight excluding hydrogens is 472 g/mol. The van der Waals surface area contributed by atoms with Gasteiger partial charge in [-0.05, 0) is 36.7 Å². The van der Waals surface area contributed by atoms with Crippen LogP contribution in [0.1, 0.15) is 18.2 Å². The zero-order valence-electron chi connectivity index (χ0n) is 19.6. The highest BCUT2D eigenvalue weighted by Gasteiger charge is 2.12. The van der Waals surface area contributed by atoms with Gasteiger partial charge in [0.05, 0.1) is 30.2 Å². The first kappa shape index (κ1) is 28.7. The molecule has 5 N–H and O–H groups in total. The third kappa shape index (κ3) is 9.97. The average Bonchev–Trinajstić information content (AvgIpc) is 3.16. The Balaban J connectivity index is 0.000000566. The monoisotopic (exact) mass is 500 g/mol. The molecule has 0 aliphatic rings. The Morgan fingerprint density at radius 3 is 2.14 bits per heavy atom. The Morgan fingerprint density at radius 1 is 1.17 bits per heavy atom. The molecule has 0 fully saturated rings. The molecule has 0 saturated heterocycles. The molecule has 1 aromatic carbocycles. The average molecular weight is 501 g/mol. The highest BCUT2D eigenvalue weighted by Crippen LogP contribution is 2.25. The SMILES string of the molecule is C=CC(=O)OCCN(CCOC(=O)C=C)c1ccc(N)c(NC(C)=O)c1.Cc1nsc(N)c1C#N. The van der Waals surface area contributed by atoms with E-state index in [1.54, 1.807) is 25.1 Å². The molecule has 1 heterocycles. The van der Waals surface area contributed by atoms with Crippen molar-refractivity contribution in [3.63, 3.8) is 0 Å². The molecule has 11 nitrogen and oxygen atoms in total. The van der Waals surface area contributed by atoms with E-state index in [0.29, 0.717) is 40.7 Å². The van der Waals surface area contributed by atoms with Gasteiger partial charge in [0.2, 0.25) is 5.91 Å². The summed E-state index contributed by atoms with van der Waals surface area (Å²) in [7, 11) is 0. The van der Waals surface area contributed by atoms with Crippen molar-refractivity contribution in [2.24, 2.45) is 0 Å². The van der Waals surface area contributed by atoms with Gasteiger partial charge >= 0.3 is 11.9 Å². The number of carbonyl (C=O) groups is 3. The number of nitrogens with two attached hydrogens (primary N) is 2. The van der Waals surface area contributed by atoms with Gasteiger partial charge in [0.1, 0.15) is 29.8 Å². The Bertz CT molecular complexity index is 1060. The Hall–Kier alpha value is -4.37. The number of aryl methyl sites for hydroxylation is 1. The molecule has 186 valence electrons. The molecule has 35 heavy (non-hydrogen) atoms. The van der Waals surface area contributed by atoms with Crippen molar-refractivity contribution in [3.8, 4) is 6.07 Å². The zero-order chi connectivity index (χ0) is 26.4. The van der Waals surface area contributed by atoms with Gasteiger partial charge < -0.3 is 31.2 Å². The fourth-order valence-electron chi connectivity index (χ4n) is 2.56. The van der Waals surface area contributed by atoms with E-state index in [0.717, 1.165) is 29.4 Å². The van der Waals surface area contributed by atoms with Gasteiger partial charge in [-0.3, -0.25) is 4.79 Å². The molecule has 0 atom stereocenters. The molecule has 2 aromatic rings. The van der Waals surface area contributed by atoms with Crippen LogP contribution in [0.4, 0.5) is 22.1 Å². The quantitative estimate of drug-likeness (QED) is 0.250. The van der Waals surface area contributed by atoms with Crippen molar-refractivity contribution in [1.82, 2.24) is 4.37 Å². The van der Waals surface area contributed by atoms with Crippen LogP contribution in [0.3, 0.4) is 0 Å². The minimum absolute atomic E-state index is 0.111. The normalized spacial score (nSPS) is 9.51. The number of anilines is 4. The van der Waals surface area contributed by atoms with Crippen molar-refractivity contribution >= 4 is 51.4 Å². The van der Waals surface area contributed by atoms with Crippen LogP contribution in [-0.2, 0) is 23.9 Å². The topological polar surface area (TPSA) is 174 Å². The lowest BCUT2D eigenvalue weighted by molar-refractivity contribution is -0.137. The third-order valence-electron chi connectivity index (χ3n) is 4.26. The van der Waals surface area contributed by atoms with Crippen LogP contribution in [0.5, 0.6) is 0 Å². The molecule has 1 aromatic heterocycles. The largest absolute Gasteiger partial charge is 0.461 e. The van der Waals surface area contributed by atoms with E-state index in [9.17, 15) is 14.4 Å². The molecule has 0 spiro atoms. The second-order valence-electron chi connectivity index (χ2n) is 6.80. The number of rotatable bonds is 10. The zero-order valence-corrected chi connectivity index (χ0v) is 20.4. The van der Waals surface area contributed by atoms with Crippen LogP contribution in [0.2, 0.25) is 0 Å². The second kappa shape index (κ2) is 14.7. The van der Waals surface area contributed by atoms with Crippen molar-refractivity contribution in [1.29, 1.82) is 5.26 Å². The summed E-state index contributed by atoms with van der Waals surface area (Å²) in [5.41, 5.74) is 14.1. The van der Waals surface area contributed by atoms with Crippen molar-refractivity contribution < 1.29 is 23.9 Å². The number of carbonyl (C=O) groups excluding carboxylic acids is 3. The van der Waals surface area contributed by atoms with E-state index in [1.807, 2.05) is 11.0 Å². The van der Waals surface area contributed by atoms with Gasteiger partial charge in [-0.2, -0.15) is 9.64 Å². The molecular formula is C23H28N6O5S. The number of amides is 1. The fraction of sp³-hybridized carbons (Fsp3) is 0.261. The van der Waals surface area contributed by atoms with Gasteiger partial charge in [0.25, 0.3) is 0 Å². The molecule has 0 radical (unpaired) electrons. The van der Waals surface area contributed by atoms with Gasteiger partial charge in [-0.25, -0.2) is 9.59 Å². The Kier molecular flexibility index (Phi) is 12.0. The molecule has 2 rings (SSSR count). The molecule has 0 aliphatic heterocycles. The number of benzene rings is 1. The van der Waals surface area contributed by atoms with E-state index < -0.39 is 11.9 Å². The maximum Gasteiger partial charge on any atom is 0.330 e. The molecule has 0 bridgehead atoms. The van der Waals surface area contributed by atoms with Gasteiger partial charge in [-0.15, -0.1) is 0 Å². The van der Waals surface area contributed by atoms with Crippen molar-refractivity contribution in [2.45, 2.75) is 13.8 Å². The van der Waals surface area contributed by atoms with Crippen LogP contribution < -0.4 is 21.7 Å². The summed E-state index contributed by atoms with van der Waals surface area (Å²) >= 11 is 1.16. The van der Waals surface area contributed by atoms with Gasteiger partial charge in [-0.1, -0.05) is 13.2 Å². The van der Waals surface area contributed by atoms with Crippen LogP contribution in [-0.4, -0.2) is 48.5 Å². The summed E-state index contributed by atoms with van der Waals surface area (Å²) < 4.78 is 13.9. The number of nitrogens with zero attached hydrogens (tertiary/aromatic N) is 3. The highest BCUT2D eigenvalue weighted by molar-refractivity contribution is 7.10. The lowest BCUT2D eigenvalue weighted by Crippen LogP contribution is -2.32. The van der Waals surface area contributed by atoms with Crippen molar-refractivity contribution in [2.75, 3.05) is 48.0 Å². The molecule has 0 unspecified atom stereocenters. The lowest BCUT2D eigenvalue weighted by Gasteiger charge is -2.25. The summed E-state index contributed by atoms with van der Waals surface area (Å²) in [5, 5.41) is 11.6. The summed E-state index contributed by atoms with van der Waals surface area (Å²) in [6.07, 6.45) is 2.16. The number of hydrogen-bond acceptors (Lipinski definition) is 11. The van der Waals surface area contributed by atoms with E-state index >= 15 is 0 Å². The van der Waals surface area contributed by atoms with Crippen LogP contribution in [0.25, 0.3) is 0 Å². The second-order valence-corrected chi connectivity index (χ2v) is 7.61. The summed E-state index contributed by atoms with van der Waals surface area (Å²) in [6.45, 7) is 10.7. The number of ether oxygens (including phenoxy) is 2. The maximum atomic E-state index is 11.3. The standard InChI is InChI=1S/C18H23N3O5.C5H5N3S/c1-4-17(23)25-10-8-21(9-11-26-18(24)5-2)14-6-7-15(19)16(12-14)20-13(3)22;1-3-4(2-6)5(7)9-8-3/h4-7,12H,1-2,8-11,19H2,3H3,(H,20,22);7H2,1H3. The number of esters is 2. The van der Waals surface area contributed by atoms with Crippen molar-refractivity contribution in [3.05, 3.63) is 54.8 Å². The smallest absolute Gasteiger partial charge is 0.330 e. The van der Waals surface area contributed by atoms with E-state index in [1.165, 1.54) is 6.92 Å². The number of nitrogens with one attached hydrogen (secondary N) is 1. The number of nitriles is 1. The molecule has 0 saturated carbocycles. The first-order valence-corrected chi connectivity index (χ1v) is 11.0. The highest BCUT2D eigenvalue weighted by atomic mass is 32.1. The maximum absolute atomic E-state index is 11.3. The fourth-order valence-corrected chi connectivity index (χ4v) is 3.17. The Morgan fingerprint density at radius 2 is 1.74 bits per heavy atom. The van der Waals surface area contributed by atoms with E-state index in [4.69, 9.17) is 26.2 Å². The Labute approximate surface area is 207 Å². The van der Waals surface area contributed by atoms with E-state index in [2.05, 4.69) is 22.8 Å². The van der Waals surface area contributed by atoms with Crippen LogP contribution >= 0.6 is 11.5 Å². The predicted octanol–water partition coefficient (Wildman–Crippen LogP) is 2.40. The number of hydrogen-bond donors (Lipinski definition) is 3. The molecule has 0 aliphatic carbocycles. The van der Waals surface area contributed by atoms with Gasteiger partial charge in [0.15, 0.2) is 0 Å². The molecule has 12 heteroatoms. The van der Waals surface area contributed by atoms with Gasteiger partial charge in [0, 0.05) is 24.8 Å². The van der Waals surface area contributed by atoms with Crippen LogP contribution in [0.15, 0.2) is 43.5 Å². The minimum atomic E-state index is -0.528. The first-order valence-electron chi connectivity index (χ1n) is 10.2. The minimum Gasteiger partial charge on any atom is -0.461 e. The predicted molar refractivity (Wildman–Crippen MR) is 136 cm³/mol. The number of nitrogen functional groups attached to an aromatic ring is 2. The molecule has 1 amide bonds. The summed E-state index contributed by atoms with van der Waals surface area (Å²) in [6, 6.07) is 7.07. The lowest BCUT2D eigenvalue weighted by atomic mass is 10.2. The summed E-state index contributed by atoms with van der Waals surface area (Å²) in [5.74, 6) is -1.31. The summed E-state index contributed by atoms with van der Waals surface area (Å²) in [4.78, 5) is 35.5. The van der Waals surface area contributed by atoms with E-state index in [-0.39, 0.29) is 19.1 Å². The first-order chi connectivity index (χ1) is 16.6.